The maximum atomic E-state index is 12.7. The van der Waals surface area contributed by atoms with Crippen molar-refractivity contribution in [1.82, 2.24) is 4.90 Å². The van der Waals surface area contributed by atoms with E-state index in [9.17, 15) is 9.59 Å². The van der Waals surface area contributed by atoms with E-state index in [0.29, 0.717) is 18.1 Å². The molecule has 2 amide bonds. The van der Waals surface area contributed by atoms with E-state index < -0.39 is 0 Å². The van der Waals surface area contributed by atoms with E-state index >= 15 is 0 Å². The summed E-state index contributed by atoms with van der Waals surface area (Å²) in [5.41, 5.74) is 1.67. The predicted octanol–water partition coefficient (Wildman–Crippen LogP) is 3.71. The third-order valence-corrected chi connectivity index (χ3v) is 5.45. The van der Waals surface area contributed by atoms with Gasteiger partial charge in [0.2, 0.25) is 11.8 Å². The van der Waals surface area contributed by atoms with Gasteiger partial charge in [-0.3, -0.25) is 9.59 Å². The lowest BCUT2D eigenvalue weighted by Gasteiger charge is -2.28. The summed E-state index contributed by atoms with van der Waals surface area (Å²) in [5.74, 6) is 0.0891. The van der Waals surface area contributed by atoms with Crippen molar-refractivity contribution in [2.45, 2.75) is 11.3 Å². The Balaban J connectivity index is 1.60. The Morgan fingerprint density at radius 2 is 2.07 bits per heavy atom. The summed E-state index contributed by atoms with van der Waals surface area (Å²) in [6.07, 6.45) is 2.50. The zero-order valence-corrected chi connectivity index (χ0v) is 16.8. The number of anilines is 1. The molecule has 2 aromatic carbocycles. The normalized spacial score (nSPS) is 15.4. The van der Waals surface area contributed by atoms with Gasteiger partial charge in [-0.25, -0.2) is 0 Å². The number of likely N-dealkylation sites (N-methyl/N-ethyl adjacent to an activating group) is 1. The SMILES string of the molecule is CSc1ccccc1NC(=O)CN(C)C(=O)[C@@H]1COc2ccc(Cl)cc2C1. The first-order valence-corrected chi connectivity index (χ1v) is 10.2. The molecule has 2 aromatic rings. The van der Waals surface area contributed by atoms with Crippen LogP contribution in [-0.4, -0.2) is 43.2 Å². The van der Waals surface area contributed by atoms with E-state index in [1.807, 2.05) is 42.7 Å². The average Bonchev–Trinajstić information content (AvgIpc) is 2.67. The molecule has 0 radical (unpaired) electrons. The van der Waals surface area contributed by atoms with Crippen LogP contribution < -0.4 is 10.1 Å². The van der Waals surface area contributed by atoms with Gasteiger partial charge in [0, 0.05) is 17.0 Å². The molecule has 1 heterocycles. The van der Waals surface area contributed by atoms with Crippen LogP contribution in [0.5, 0.6) is 5.75 Å². The Hall–Kier alpha value is -2.18. The van der Waals surface area contributed by atoms with Gasteiger partial charge < -0.3 is 15.0 Å². The third kappa shape index (κ3) is 4.76. The zero-order valence-electron chi connectivity index (χ0n) is 15.2. The topological polar surface area (TPSA) is 58.6 Å². The second-order valence-electron chi connectivity index (χ2n) is 6.41. The number of rotatable bonds is 5. The number of thioether (sulfide) groups is 1. The summed E-state index contributed by atoms with van der Waals surface area (Å²) < 4.78 is 5.68. The number of fused-ring (bicyclic) bond motifs is 1. The van der Waals surface area contributed by atoms with Gasteiger partial charge in [0.05, 0.1) is 18.2 Å². The molecule has 1 aliphatic heterocycles. The molecule has 0 saturated heterocycles. The smallest absolute Gasteiger partial charge is 0.244 e. The van der Waals surface area contributed by atoms with E-state index in [4.69, 9.17) is 16.3 Å². The Morgan fingerprint density at radius 1 is 1.30 bits per heavy atom. The lowest BCUT2D eigenvalue weighted by molar-refractivity contribution is -0.138. The molecule has 0 spiro atoms. The van der Waals surface area contributed by atoms with Crippen molar-refractivity contribution in [3.8, 4) is 5.75 Å². The molecule has 1 aliphatic rings. The van der Waals surface area contributed by atoms with Crippen LogP contribution in [0, 0.1) is 5.92 Å². The molecule has 3 rings (SSSR count). The van der Waals surface area contributed by atoms with Gasteiger partial charge in [0.15, 0.2) is 0 Å². The fourth-order valence-electron chi connectivity index (χ4n) is 3.06. The summed E-state index contributed by atoms with van der Waals surface area (Å²) in [5, 5.41) is 3.49. The van der Waals surface area contributed by atoms with E-state index in [0.717, 1.165) is 21.9 Å². The van der Waals surface area contributed by atoms with Crippen molar-refractivity contribution < 1.29 is 14.3 Å². The highest BCUT2D eigenvalue weighted by atomic mass is 35.5. The van der Waals surface area contributed by atoms with Gasteiger partial charge in [-0.15, -0.1) is 11.8 Å². The summed E-state index contributed by atoms with van der Waals surface area (Å²) in [6.45, 7) is 0.287. The van der Waals surface area contributed by atoms with Gasteiger partial charge in [-0.05, 0) is 48.6 Å². The highest BCUT2D eigenvalue weighted by molar-refractivity contribution is 7.98. The number of carbonyl (C=O) groups excluding carboxylic acids is 2. The summed E-state index contributed by atoms with van der Waals surface area (Å²) >= 11 is 7.59. The van der Waals surface area contributed by atoms with Crippen LogP contribution >= 0.6 is 23.4 Å². The minimum Gasteiger partial charge on any atom is -0.492 e. The number of benzene rings is 2. The molecule has 27 heavy (non-hydrogen) atoms. The summed E-state index contributed by atoms with van der Waals surface area (Å²) in [7, 11) is 1.63. The van der Waals surface area contributed by atoms with Gasteiger partial charge in [0.1, 0.15) is 12.4 Å². The van der Waals surface area contributed by atoms with Crippen molar-refractivity contribution >= 4 is 40.9 Å². The standard InChI is InChI=1S/C20H21ClN2O3S/c1-23(11-19(24)22-16-5-3-4-6-18(16)27-2)20(25)14-9-13-10-15(21)7-8-17(13)26-12-14/h3-8,10,14H,9,11-12H2,1-2H3,(H,22,24)/t14-/m0/s1. The molecule has 1 atom stereocenters. The number of nitrogens with zero attached hydrogens (tertiary/aromatic N) is 1. The van der Waals surface area contributed by atoms with Crippen LogP contribution in [0.15, 0.2) is 47.4 Å². The molecule has 0 unspecified atom stereocenters. The maximum absolute atomic E-state index is 12.7. The second-order valence-corrected chi connectivity index (χ2v) is 7.69. The lowest BCUT2D eigenvalue weighted by atomic mass is 9.95. The Morgan fingerprint density at radius 3 is 2.85 bits per heavy atom. The van der Waals surface area contributed by atoms with Crippen LogP contribution in [0.4, 0.5) is 5.69 Å². The monoisotopic (exact) mass is 404 g/mol. The molecule has 7 heteroatoms. The molecular weight excluding hydrogens is 384 g/mol. The minimum atomic E-state index is -0.327. The largest absolute Gasteiger partial charge is 0.492 e. The first-order valence-electron chi connectivity index (χ1n) is 8.57. The average molecular weight is 405 g/mol. The summed E-state index contributed by atoms with van der Waals surface area (Å²) in [6, 6.07) is 13.0. The third-order valence-electron chi connectivity index (χ3n) is 4.42. The van der Waals surface area contributed by atoms with Crippen molar-refractivity contribution in [3.63, 3.8) is 0 Å². The van der Waals surface area contributed by atoms with Crippen LogP contribution in [0.1, 0.15) is 5.56 Å². The molecule has 0 aliphatic carbocycles. The predicted molar refractivity (Wildman–Crippen MR) is 109 cm³/mol. The fraction of sp³-hybridized carbons (Fsp3) is 0.300. The maximum Gasteiger partial charge on any atom is 0.244 e. The number of ether oxygens (including phenoxy) is 1. The highest BCUT2D eigenvalue weighted by Crippen LogP contribution is 2.30. The fourth-order valence-corrected chi connectivity index (χ4v) is 3.81. The van der Waals surface area contributed by atoms with Crippen LogP contribution in [-0.2, 0) is 16.0 Å². The van der Waals surface area contributed by atoms with E-state index in [2.05, 4.69) is 5.32 Å². The van der Waals surface area contributed by atoms with Crippen LogP contribution in [0.3, 0.4) is 0 Å². The Labute approximate surface area is 168 Å². The number of nitrogens with one attached hydrogen (secondary N) is 1. The number of carbonyl (C=O) groups is 2. The quantitative estimate of drug-likeness (QED) is 0.772. The number of hydrogen-bond acceptors (Lipinski definition) is 4. The van der Waals surface area contributed by atoms with Crippen LogP contribution in [0.25, 0.3) is 0 Å². The van der Waals surface area contributed by atoms with E-state index in [1.165, 1.54) is 4.90 Å². The molecule has 0 aromatic heterocycles. The van der Waals surface area contributed by atoms with E-state index in [1.54, 1.807) is 24.9 Å². The zero-order chi connectivity index (χ0) is 19.4. The first-order chi connectivity index (χ1) is 13.0. The molecule has 0 bridgehead atoms. The second kappa shape index (κ2) is 8.67. The van der Waals surface area contributed by atoms with Gasteiger partial charge >= 0.3 is 0 Å². The van der Waals surface area contributed by atoms with Crippen molar-refractivity contribution in [1.29, 1.82) is 0 Å². The molecular formula is C20H21ClN2O3S. The minimum absolute atomic E-state index is 0.0134. The number of amides is 2. The first kappa shape index (κ1) is 19.6. The Kier molecular flexibility index (Phi) is 6.29. The van der Waals surface area contributed by atoms with Gasteiger partial charge in [-0.1, -0.05) is 23.7 Å². The molecule has 142 valence electrons. The highest BCUT2D eigenvalue weighted by Gasteiger charge is 2.29. The molecule has 5 nitrogen and oxygen atoms in total. The van der Waals surface area contributed by atoms with Crippen molar-refractivity contribution in [2.75, 3.05) is 31.8 Å². The molecule has 0 saturated carbocycles. The number of halogens is 1. The molecule has 1 N–H and O–H groups in total. The van der Waals surface area contributed by atoms with Crippen molar-refractivity contribution in [3.05, 3.63) is 53.1 Å². The van der Waals surface area contributed by atoms with Gasteiger partial charge in [-0.2, -0.15) is 0 Å². The number of para-hydroxylation sites is 1. The molecule has 0 fully saturated rings. The Bertz CT molecular complexity index is 859. The lowest BCUT2D eigenvalue weighted by Crippen LogP contribution is -2.42. The van der Waals surface area contributed by atoms with Crippen LogP contribution in [0.2, 0.25) is 5.02 Å². The van der Waals surface area contributed by atoms with Crippen molar-refractivity contribution in [2.24, 2.45) is 5.92 Å². The number of hydrogen-bond donors (Lipinski definition) is 1. The summed E-state index contributed by atoms with van der Waals surface area (Å²) in [4.78, 5) is 27.5. The van der Waals surface area contributed by atoms with Gasteiger partial charge in [0.25, 0.3) is 0 Å². The van der Waals surface area contributed by atoms with E-state index in [-0.39, 0.29) is 24.3 Å².